The Kier molecular flexibility index (Phi) is 6.67. The second kappa shape index (κ2) is 9.34. The Morgan fingerprint density at radius 1 is 1.03 bits per heavy atom. The lowest BCUT2D eigenvalue weighted by Gasteiger charge is -2.35. The molecule has 2 aliphatic rings. The van der Waals surface area contributed by atoms with Crippen LogP contribution in [0.1, 0.15) is 48.8 Å². The second-order valence-electron chi connectivity index (χ2n) is 8.62. The normalized spacial score (nSPS) is 17.3. The standard InChI is InChI=1S/C23H28F2N4O3S/c1-15(2)22-26-16(3)12-21(27-22)28-8-10-29(11-9-28)33(30,31)20-7-5-17-13-19(32-23(24)25)6-4-18(17)14-20/h4,6,12-15,23H,5,7-11H2,1-3H3. The third-order valence-corrected chi connectivity index (χ3v) is 7.93. The monoisotopic (exact) mass is 478 g/mol. The van der Waals surface area contributed by atoms with Gasteiger partial charge >= 0.3 is 6.61 Å². The number of benzene rings is 1. The van der Waals surface area contributed by atoms with Crippen molar-refractivity contribution in [2.24, 2.45) is 0 Å². The van der Waals surface area contributed by atoms with Gasteiger partial charge in [-0.15, -0.1) is 0 Å². The van der Waals surface area contributed by atoms with Crippen molar-refractivity contribution in [1.82, 2.24) is 14.3 Å². The molecule has 0 bridgehead atoms. The summed E-state index contributed by atoms with van der Waals surface area (Å²) in [6.07, 6.45) is 2.44. The first kappa shape index (κ1) is 23.6. The lowest BCUT2D eigenvalue weighted by atomic mass is 9.97. The Morgan fingerprint density at radius 3 is 2.42 bits per heavy atom. The number of rotatable bonds is 6. The first-order valence-corrected chi connectivity index (χ1v) is 12.5. The van der Waals surface area contributed by atoms with E-state index in [9.17, 15) is 17.2 Å². The molecular weight excluding hydrogens is 450 g/mol. The van der Waals surface area contributed by atoms with E-state index in [-0.39, 0.29) is 11.7 Å². The largest absolute Gasteiger partial charge is 0.435 e. The molecule has 0 unspecified atom stereocenters. The van der Waals surface area contributed by atoms with Gasteiger partial charge in [0.05, 0.1) is 4.91 Å². The number of ether oxygens (including phenoxy) is 1. The van der Waals surface area contributed by atoms with E-state index in [4.69, 9.17) is 0 Å². The van der Waals surface area contributed by atoms with Crippen LogP contribution in [0.25, 0.3) is 6.08 Å². The van der Waals surface area contributed by atoms with Gasteiger partial charge in [0.2, 0.25) is 10.0 Å². The highest BCUT2D eigenvalue weighted by Gasteiger charge is 2.32. The number of hydrogen-bond acceptors (Lipinski definition) is 6. The van der Waals surface area contributed by atoms with E-state index in [0.29, 0.717) is 43.9 Å². The molecule has 4 rings (SSSR count). The number of aryl methyl sites for hydroxylation is 2. The highest BCUT2D eigenvalue weighted by molar-refractivity contribution is 7.93. The van der Waals surface area contributed by atoms with Crippen LogP contribution in [-0.4, -0.2) is 55.5 Å². The number of anilines is 1. The number of allylic oxidation sites excluding steroid dienone is 1. The van der Waals surface area contributed by atoms with Crippen LogP contribution < -0.4 is 9.64 Å². The van der Waals surface area contributed by atoms with Gasteiger partial charge in [0.1, 0.15) is 17.4 Å². The molecule has 1 fully saturated rings. The number of aromatic nitrogens is 2. The minimum atomic E-state index is -3.61. The molecule has 1 aromatic heterocycles. The third kappa shape index (κ3) is 5.16. The topological polar surface area (TPSA) is 75.6 Å². The second-order valence-corrected chi connectivity index (χ2v) is 10.6. The summed E-state index contributed by atoms with van der Waals surface area (Å²) in [5.74, 6) is 1.91. The molecule has 2 heterocycles. The summed E-state index contributed by atoms with van der Waals surface area (Å²) in [6.45, 7) is 4.98. The number of sulfonamides is 1. The van der Waals surface area contributed by atoms with Gasteiger partial charge in [-0.3, -0.25) is 0 Å². The SMILES string of the molecule is Cc1cc(N2CCN(S(=O)(=O)C3=Cc4ccc(OC(F)F)cc4CC3)CC2)nc(C(C)C)n1. The highest BCUT2D eigenvalue weighted by Crippen LogP contribution is 2.32. The minimum absolute atomic E-state index is 0.0835. The number of halogens is 2. The number of piperazine rings is 1. The van der Waals surface area contributed by atoms with Crippen LogP contribution in [0.5, 0.6) is 5.75 Å². The molecule has 0 N–H and O–H groups in total. The Hall–Kier alpha value is -2.59. The molecule has 1 aliphatic heterocycles. The predicted molar refractivity (Wildman–Crippen MR) is 123 cm³/mol. The lowest BCUT2D eigenvalue weighted by molar-refractivity contribution is -0.0498. The summed E-state index contributed by atoms with van der Waals surface area (Å²) in [5, 5.41) is 0. The smallest absolute Gasteiger partial charge is 0.387 e. The maximum atomic E-state index is 13.3. The summed E-state index contributed by atoms with van der Waals surface area (Å²) in [6, 6.07) is 6.55. The first-order valence-electron chi connectivity index (χ1n) is 11.0. The molecule has 2 aromatic rings. The molecule has 0 spiro atoms. The van der Waals surface area contributed by atoms with Crippen molar-refractivity contribution in [2.45, 2.75) is 46.1 Å². The van der Waals surface area contributed by atoms with E-state index in [2.05, 4.69) is 19.6 Å². The number of hydrogen-bond donors (Lipinski definition) is 0. The molecule has 0 saturated carbocycles. The fraction of sp³-hybridized carbons (Fsp3) is 0.478. The van der Waals surface area contributed by atoms with Crippen molar-refractivity contribution >= 4 is 21.9 Å². The average molecular weight is 479 g/mol. The number of nitrogens with zero attached hydrogens (tertiary/aromatic N) is 4. The molecule has 178 valence electrons. The molecule has 0 radical (unpaired) electrons. The van der Waals surface area contributed by atoms with Crippen LogP contribution in [0.2, 0.25) is 0 Å². The zero-order valence-electron chi connectivity index (χ0n) is 19.0. The lowest BCUT2D eigenvalue weighted by Crippen LogP contribution is -2.49. The molecule has 1 aliphatic carbocycles. The maximum Gasteiger partial charge on any atom is 0.387 e. The van der Waals surface area contributed by atoms with E-state index < -0.39 is 16.6 Å². The van der Waals surface area contributed by atoms with Gasteiger partial charge in [0.25, 0.3) is 0 Å². The Labute approximate surface area is 193 Å². The summed E-state index contributed by atoms with van der Waals surface area (Å²) in [5.41, 5.74) is 2.42. The Balaban J connectivity index is 1.47. The summed E-state index contributed by atoms with van der Waals surface area (Å²) < 4.78 is 57.5. The summed E-state index contributed by atoms with van der Waals surface area (Å²) in [7, 11) is -3.61. The molecule has 0 atom stereocenters. The van der Waals surface area contributed by atoms with Crippen LogP contribution in [0.4, 0.5) is 14.6 Å². The van der Waals surface area contributed by atoms with Gasteiger partial charge in [-0.2, -0.15) is 13.1 Å². The number of alkyl halides is 2. The van der Waals surface area contributed by atoms with E-state index in [1.807, 2.05) is 26.8 Å². The minimum Gasteiger partial charge on any atom is -0.435 e. The van der Waals surface area contributed by atoms with Crippen molar-refractivity contribution in [1.29, 1.82) is 0 Å². The fourth-order valence-corrected chi connectivity index (χ4v) is 5.75. The van der Waals surface area contributed by atoms with E-state index in [1.54, 1.807) is 18.2 Å². The van der Waals surface area contributed by atoms with Gasteiger partial charge in [0, 0.05) is 43.9 Å². The van der Waals surface area contributed by atoms with Gasteiger partial charge in [-0.05, 0) is 49.1 Å². The number of fused-ring (bicyclic) bond motifs is 1. The van der Waals surface area contributed by atoms with Crippen molar-refractivity contribution < 1.29 is 21.9 Å². The Bertz CT molecular complexity index is 1160. The molecule has 1 saturated heterocycles. The highest BCUT2D eigenvalue weighted by atomic mass is 32.2. The van der Waals surface area contributed by atoms with Gasteiger partial charge in [0.15, 0.2) is 0 Å². The maximum absolute atomic E-state index is 13.3. The van der Waals surface area contributed by atoms with Gasteiger partial charge < -0.3 is 9.64 Å². The summed E-state index contributed by atoms with van der Waals surface area (Å²) >= 11 is 0. The van der Waals surface area contributed by atoms with Gasteiger partial charge in [-0.1, -0.05) is 19.9 Å². The van der Waals surface area contributed by atoms with E-state index in [1.165, 1.54) is 10.4 Å². The molecule has 1 aromatic carbocycles. The molecule has 10 heteroatoms. The molecule has 33 heavy (non-hydrogen) atoms. The van der Waals surface area contributed by atoms with E-state index >= 15 is 0 Å². The van der Waals surface area contributed by atoms with Crippen molar-refractivity contribution in [3.63, 3.8) is 0 Å². The van der Waals surface area contributed by atoms with Crippen LogP contribution in [0.15, 0.2) is 29.2 Å². The van der Waals surface area contributed by atoms with Crippen LogP contribution in [-0.2, 0) is 16.4 Å². The van der Waals surface area contributed by atoms with Crippen molar-refractivity contribution in [2.75, 3.05) is 31.1 Å². The molecular formula is C23H28F2N4O3S. The zero-order chi connectivity index (χ0) is 23.8. The van der Waals surface area contributed by atoms with Crippen LogP contribution >= 0.6 is 0 Å². The quantitative estimate of drug-likeness (QED) is 0.626. The Morgan fingerprint density at radius 2 is 1.76 bits per heavy atom. The molecule has 0 amide bonds. The summed E-state index contributed by atoms with van der Waals surface area (Å²) in [4.78, 5) is 11.6. The zero-order valence-corrected chi connectivity index (χ0v) is 19.8. The van der Waals surface area contributed by atoms with Gasteiger partial charge in [-0.25, -0.2) is 18.4 Å². The van der Waals surface area contributed by atoms with Crippen LogP contribution in [0, 0.1) is 6.92 Å². The van der Waals surface area contributed by atoms with Crippen molar-refractivity contribution in [3.8, 4) is 5.75 Å². The average Bonchev–Trinajstić information content (AvgIpc) is 2.78. The van der Waals surface area contributed by atoms with Crippen LogP contribution in [0.3, 0.4) is 0 Å². The third-order valence-electron chi connectivity index (χ3n) is 5.91. The predicted octanol–water partition coefficient (Wildman–Crippen LogP) is 3.95. The van der Waals surface area contributed by atoms with Crippen molar-refractivity contribution in [3.05, 3.63) is 51.8 Å². The fourth-order valence-electron chi connectivity index (χ4n) is 4.14. The first-order chi connectivity index (χ1) is 15.6. The van der Waals surface area contributed by atoms with E-state index in [0.717, 1.165) is 28.5 Å². The molecule has 7 nitrogen and oxygen atoms in total.